The van der Waals surface area contributed by atoms with Crippen molar-refractivity contribution < 1.29 is 14.6 Å². The van der Waals surface area contributed by atoms with Gasteiger partial charge < -0.3 is 9.84 Å². The van der Waals surface area contributed by atoms with E-state index < -0.39 is 5.97 Å². The fraction of sp³-hybridized carbons (Fsp3) is 0.500. The standard InChI is InChI=1S/C14H17N3O3/c1-8-11-12(20-6-5-9-3-4-9)10(14(18)19)7-15-13(11)17(2)16-8/h7,9H,3-6H2,1-2H3,(H,18,19). The van der Waals surface area contributed by atoms with Crippen LogP contribution in [0.2, 0.25) is 0 Å². The molecule has 2 heterocycles. The minimum absolute atomic E-state index is 0.101. The number of pyridine rings is 1. The highest BCUT2D eigenvalue weighted by atomic mass is 16.5. The Labute approximate surface area is 116 Å². The van der Waals surface area contributed by atoms with Gasteiger partial charge in [0.05, 0.1) is 17.7 Å². The first-order valence-electron chi connectivity index (χ1n) is 6.76. The van der Waals surface area contributed by atoms with Gasteiger partial charge in [0.1, 0.15) is 11.3 Å². The fourth-order valence-electron chi connectivity index (χ4n) is 2.42. The minimum Gasteiger partial charge on any atom is -0.492 e. The summed E-state index contributed by atoms with van der Waals surface area (Å²) in [6.07, 6.45) is 4.83. The number of aromatic carboxylic acids is 1. The molecule has 0 radical (unpaired) electrons. The summed E-state index contributed by atoms with van der Waals surface area (Å²) in [5.74, 6) is 0.119. The van der Waals surface area contributed by atoms with Crippen LogP contribution in [0.3, 0.4) is 0 Å². The molecule has 0 atom stereocenters. The fourth-order valence-corrected chi connectivity index (χ4v) is 2.42. The Hall–Kier alpha value is -2.11. The lowest BCUT2D eigenvalue weighted by molar-refractivity contribution is 0.0692. The second-order valence-electron chi connectivity index (χ2n) is 5.29. The summed E-state index contributed by atoms with van der Waals surface area (Å²) in [5, 5.41) is 14.3. The van der Waals surface area contributed by atoms with Crippen LogP contribution in [0.15, 0.2) is 6.20 Å². The minimum atomic E-state index is -1.02. The van der Waals surface area contributed by atoms with Crippen molar-refractivity contribution in [3.63, 3.8) is 0 Å². The van der Waals surface area contributed by atoms with E-state index in [-0.39, 0.29) is 5.56 Å². The van der Waals surface area contributed by atoms with Gasteiger partial charge >= 0.3 is 5.97 Å². The van der Waals surface area contributed by atoms with Gasteiger partial charge in [-0.15, -0.1) is 0 Å². The lowest BCUT2D eigenvalue weighted by Crippen LogP contribution is -2.07. The molecule has 0 bridgehead atoms. The van der Waals surface area contributed by atoms with E-state index in [0.717, 1.165) is 18.0 Å². The molecule has 0 saturated heterocycles. The van der Waals surface area contributed by atoms with Crippen molar-refractivity contribution in [2.75, 3.05) is 6.61 Å². The Morgan fingerprint density at radius 1 is 1.55 bits per heavy atom. The van der Waals surface area contributed by atoms with Gasteiger partial charge in [-0.05, 0) is 19.3 Å². The number of ether oxygens (including phenoxy) is 1. The summed E-state index contributed by atoms with van der Waals surface area (Å²) < 4.78 is 7.43. The molecule has 1 saturated carbocycles. The molecule has 0 aliphatic heterocycles. The second-order valence-corrected chi connectivity index (χ2v) is 5.29. The summed E-state index contributed by atoms with van der Waals surface area (Å²) in [4.78, 5) is 15.5. The zero-order chi connectivity index (χ0) is 14.3. The molecule has 20 heavy (non-hydrogen) atoms. The Balaban J connectivity index is 2.02. The van der Waals surface area contributed by atoms with Crippen LogP contribution < -0.4 is 4.74 Å². The molecule has 1 N–H and O–H groups in total. The van der Waals surface area contributed by atoms with Gasteiger partial charge in [-0.1, -0.05) is 12.8 Å². The predicted octanol–water partition coefficient (Wildman–Crippen LogP) is 2.15. The highest BCUT2D eigenvalue weighted by Crippen LogP contribution is 2.34. The van der Waals surface area contributed by atoms with Crippen LogP contribution in [0.4, 0.5) is 0 Å². The van der Waals surface area contributed by atoms with Crippen LogP contribution in [-0.4, -0.2) is 32.4 Å². The summed E-state index contributed by atoms with van der Waals surface area (Å²) >= 11 is 0. The number of carboxylic acids is 1. The third-order valence-electron chi connectivity index (χ3n) is 3.68. The normalized spacial score (nSPS) is 14.7. The van der Waals surface area contributed by atoms with Crippen LogP contribution >= 0.6 is 0 Å². The van der Waals surface area contributed by atoms with E-state index in [0.29, 0.717) is 23.4 Å². The van der Waals surface area contributed by atoms with Gasteiger partial charge in [-0.3, -0.25) is 4.68 Å². The van der Waals surface area contributed by atoms with Gasteiger partial charge in [0.15, 0.2) is 5.65 Å². The lowest BCUT2D eigenvalue weighted by Gasteiger charge is -2.10. The zero-order valence-electron chi connectivity index (χ0n) is 11.6. The van der Waals surface area contributed by atoms with Crippen LogP contribution in [0.5, 0.6) is 5.75 Å². The average Bonchev–Trinajstić information content (AvgIpc) is 3.16. The molecule has 1 aliphatic rings. The smallest absolute Gasteiger partial charge is 0.341 e. The maximum absolute atomic E-state index is 11.3. The molecule has 0 unspecified atom stereocenters. The lowest BCUT2D eigenvalue weighted by atomic mass is 10.1. The van der Waals surface area contributed by atoms with Crippen LogP contribution in [0.25, 0.3) is 11.0 Å². The third kappa shape index (κ3) is 2.21. The summed E-state index contributed by atoms with van der Waals surface area (Å²) in [5.41, 5.74) is 1.48. The summed E-state index contributed by atoms with van der Waals surface area (Å²) in [6.45, 7) is 2.38. The topological polar surface area (TPSA) is 77.2 Å². The molecule has 6 heteroatoms. The third-order valence-corrected chi connectivity index (χ3v) is 3.68. The molecule has 1 fully saturated rings. The van der Waals surface area contributed by atoms with Crippen molar-refractivity contribution in [1.29, 1.82) is 0 Å². The Morgan fingerprint density at radius 2 is 2.30 bits per heavy atom. The molecule has 2 aromatic heterocycles. The molecule has 0 spiro atoms. The molecule has 1 aliphatic carbocycles. The molecule has 3 rings (SSSR count). The molecule has 6 nitrogen and oxygen atoms in total. The van der Waals surface area contributed by atoms with Crippen LogP contribution in [0, 0.1) is 12.8 Å². The number of hydrogen-bond acceptors (Lipinski definition) is 4. The van der Waals surface area contributed by atoms with Crippen molar-refractivity contribution in [2.24, 2.45) is 13.0 Å². The number of carbonyl (C=O) groups is 1. The Kier molecular flexibility index (Phi) is 3.08. The van der Waals surface area contributed by atoms with E-state index in [4.69, 9.17) is 4.74 Å². The van der Waals surface area contributed by atoms with E-state index in [1.165, 1.54) is 19.0 Å². The van der Waals surface area contributed by atoms with Crippen molar-refractivity contribution in [2.45, 2.75) is 26.2 Å². The zero-order valence-corrected chi connectivity index (χ0v) is 11.6. The molecule has 106 valence electrons. The number of rotatable bonds is 5. The SMILES string of the molecule is Cc1nn(C)c2ncc(C(=O)O)c(OCCC3CC3)c12. The average molecular weight is 275 g/mol. The largest absolute Gasteiger partial charge is 0.492 e. The second kappa shape index (κ2) is 4.77. The van der Waals surface area contributed by atoms with Crippen molar-refractivity contribution >= 4 is 17.0 Å². The number of hydrogen-bond donors (Lipinski definition) is 1. The van der Waals surface area contributed by atoms with Gasteiger partial charge in [0.25, 0.3) is 0 Å². The molecule has 2 aromatic rings. The quantitative estimate of drug-likeness (QED) is 0.904. The number of aromatic nitrogens is 3. The van der Waals surface area contributed by atoms with Crippen molar-refractivity contribution in [3.05, 3.63) is 17.5 Å². The van der Waals surface area contributed by atoms with E-state index in [1.807, 2.05) is 6.92 Å². The summed E-state index contributed by atoms with van der Waals surface area (Å²) in [7, 11) is 1.79. The first kappa shape index (κ1) is 12.9. The van der Waals surface area contributed by atoms with Gasteiger partial charge in [0, 0.05) is 13.2 Å². The van der Waals surface area contributed by atoms with Crippen LogP contribution in [0.1, 0.15) is 35.3 Å². The van der Waals surface area contributed by atoms with Crippen molar-refractivity contribution in [1.82, 2.24) is 14.8 Å². The first-order valence-corrected chi connectivity index (χ1v) is 6.76. The number of fused-ring (bicyclic) bond motifs is 1. The van der Waals surface area contributed by atoms with E-state index in [9.17, 15) is 9.90 Å². The van der Waals surface area contributed by atoms with Gasteiger partial charge in [-0.2, -0.15) is 5.10 Å². The van der Waals surface area contributed by atoms with Gasteiger partial charge in [-0.25, -0.2) is 9.78 Å². The monoisotopic (exact) mass is 275 g/mol. The number of nitrogens with zero attached hydrogens (tertiary/aromatic N) is 3. The Morgan fingerprint density at radius 3 is 2.95 bits per heavy atom. The highest BCUT2D eigenvalue weighted by molar-refractivity contribution is 5.98. The number of carboxylic acid groups (broad SMARTS) is 1. The van der Waals surface area contributed by atoms with E-state index >= 15 is 0 Å². The number of aryl methyl sites for hydroxylation is 2. The first-order chi connectivity index (χ1) is 9.58. The maximum atomic E-state index is 11.3. The van der Waals surface area contributed by atoms with Crippen LogP contribution in [-0.2, 0) is 7.05 Å². The molecule has 0 amide bonds. The maximum Gasteiger partial charge on any atom is 0.341 e. The van der Waals surface area contributed by atoms with Gasteiger partial charge in [0.2, 0.25) is 0 Å². The molecular weight excluding hydrogens is 258 g/mol. The Bertz CT molecular complexity index is 674. The molecular formula is C14H17N3O3. The predicted molar refractivity (Wildman–Crippen MR) is 73.0 cm³/mol. The van der Waals surface area contributed by atoms with Crippen molar-refractivity contribution in [3.8, 4) is 5.75 Å². The van der Waals surface area contributed by atoms with E-state index in [1.54, 1.807) is 11.7 Å². The molecule has 0 aromatic carbocycles. The summed E-state index contributed by atoms with van der Waals surface area (Å²) in [6, 6.07) is 0. The highest BCUT2D eigenvalue weighted by Gasteiger charge is 2.23. The van der Waals surface area contributed by atoms with E-state index in [2.05, 4.69) is 10.1 Å².